The number of benzene rings is 1. The molecule has 27 heavy (non-hydrogen) atoms. The number of allylic oxidation sites excluding steroid dienone is 1. The summed E-state index contributed by atoms with van der Waals surface area (Å²) in [5.74, 6) is -0.0393. The standard InChI is InChI=1S/C20H28BFN2O3/c1-13(17(22)21-26-19(2,3)20(4,5)27-21)14-6-8-15(9-7-14)18(25)24-11-10-16(23)12-24/h6-9,16H,10-12,23H2,1-5H3. The van der Waals surface area contributed by atoms with E-state index in [9.17, 15) is 9.18 Å². The van der Waals surface area contributed by atoms with Crippen LogP contribution in [0.5, 0.6) is 0 Å². The van der Waals surface area contributed by atoms with Gasteiger partial charge in [-0.05, 0) is 64.3 Å². The molecule has 2 aliphatic heterocycles. The summed E-state index contributed by atoms with van der Waals surface area (Å²) in [6.07, 6.45) is 0.824. The third-order valence-electron chi connectivity index (χ3n) is 5.90. The van der Waals surface area contributed by atoms with Gasteiger partial charge in [-0.15, -0.1) is 0 Å². The van der Waals surface area contributed by atoms with E-state index >= 15 is 0 Å². The Morgan fingerprint density at radius 3 is 2.15 bits per heavy atom. The van der Waals surface area contributed by atoms with E-state index in [1.165, 1.54) is 0 Å². The molecule has 2 heterocycles. The molecule has 0 saturated carbocycles. The molecule has 7 heteroatoms. The molecule has 5 nitrogen and oxygen atoms in total. The Labute approximate surface area is 160 Å². The zero-order valence-electron chi connectivity index (χ0n) is 16.7. The summed E-state index contributed by atoms with van der Waals surface area (Å²) in [5.41, 5.74) is 5.95. The molecular weight excluding hydrogens is 346 g/mol. The molecule has 2 aliphatic rings. The van der Waals surface area contributed by atoms with E-state index in [4.69, 9.17) is 15.0 Å². The molecule has 0 radical (unpaired) electrons. The maximum absolute atomic E-state index is 15.0. The number of nitrogens with zero attached hydrogens (tertiary/aromatic N) is 1. The highest BCUT2D eigenvalue weighted by Gasteiger charge is 2.53. The quantitative estimate of drug-likeness (QED) is 0.826. The van der Waals surface area contributed by atoms with E-state index in [0.29, 0.717) is 29.8 Å². The van der Waals surface area contributed by atoms with Crippen LogP contribution in [-0.2, 0) is 9.31 Å². The zero-order chi connectivity index (χ0) is 20.0. The molecular formula is C20H28BFN2O3. The molecule has 0 spiro atoms. The van der Waals surface area contributed by atoms with Crippen molar-refractivity contribution in [2.75, 3.05) is 13.1 Å². The van der Waals surface area contributed by atoms with Crippen LogP contribution in [0.4, 0.5) is 4.39 Å². The van der Waals surface area contributed by atoms with Crippen LogP contribution in [-0.4, -0.2) is 48.3 Å². The summed E-state index contributed by atoms with van der Waals surface area (Å²) in [6.45, 7) is 10.5. The van der Waals surface area contributed by atoms with Crippen LogP contribution in [0.1, 0.15) is 57.0 Å². The molecule has 3 rings (SSSR count). The fraction of sp³-hybridized carbons (Fsp3) is 0.550. The van der Waals surface area contributed by atoms with Crippen molar-refractivity contribution in [3.63, 3.8) is 0 Å². The van der Waals surface area contributed by atoms with Gasteiger partial charge < -0.3 is 19.9 Å². The lowest BCUT2D eigenvalue weighted by Crippen LogP contribution is -2.41. The molecule has 0 aromatic heterocycles. The van der Waals surface area contributed by atoms with Gasteiger partial charge in [-0.1, -0.05) is 12.1 Å². The zero-order valence-corrected chi connectivity index (χ0v) is 16.7. The molecule has 1 aromatic carbocycles. The van der Waals surface area contributed by atoms with Gasteiger partial charge in [0.1, 0.15) is 5.73 Å². The van der Waals surface area contributed by atoms with Crippen molar-refractivity contribution in [2.24, 2.45) is 5.73 Å². The fourth-order valence-electron chi connectivity index (χ4n) is 3.28. The minimum Gasteiger partial charge on any atom is -0.398 e. The first-order chi connectivity index (χ1) is 12.5. The summed E-state index contributed by atoms with van der Waals surface area (Å²) in [4.78, 5) is 14.3. The van der Waals surface area contributed by atoms with Crippen LogP contribution in [0, 0.1) is 0 Å². The monoisotopic (exact) mass is 374 g/mol. The highest BCUT2D eigenvalue weighted by molar-refractivity contribution is 6.55. The second kappa shape index (κ2) is 7.04. The Balaban J connectivity index is 1.76. The van der Waals surface area contributed by atoms with E-state index < -0.39 is 24.0 Å². The van der Waals surface area contributed by atoms with Crippen LogP contribution >= 0.6 is 0 Å². The average molecular weight is 374 g/mol. The molecule has 2 N–H and O–H groups in total. The van der Waals surface area contributed by atoms with Gasteiger partial charge in [0.15, 0.2) is 0 Å². The molecule has 1 unspecified atom stereocenters. The lowest BCUT2D eigenvalue weighted by atomic mass is 9.83. The number of hydrogen-bond donors (Lipinski definition) is 1. The summed E-state index contributed by atoms with van der Waals surface area (Å²) in [6, 6.07) is 7.00. The lowest BCUT2D eigenvalue weighted by Gasteiger charge is -2.32. The molecule has 2 saturated heterocycles. The highest BCUT2D eigenvalue weighted by atomic mass is 19.1. The van der Waals surface area contributed by atoms with Gasteiger partial charge in [-0.3, -0.25) is 4.79 Å². The Kier molecular flexibility index (Phi) is 5.23. The summed E-state index contributed by atoms with van der Waals surface area (Å²) >= 11 is 0. The van der Waals surface area contributed by atoms with Crippen LogP contribution in [0.15, 0.2) is 30.0 Å². The van der Waals surface area contributed by atoms with E-state index in [1.807, 2.05) is 27.7 Å². The molecule has 1 aromatic rings. The SMILES string of the molecule is CC(=C(F)B1OC(C)(C)C(C)(C)O1)c1ccc(C(=O)N2CCC(N)C2)cc1. The number of halogens is 1. The van der Waals surface area contributed by atoms with Crippen molar-refractivity contribution >= 4 is 18.6 Å². The van der Waals surface area contributed by atoms with Crippen molar-refractivity contribution in [1.82, 2.24) is 4.90 Å². The van der Waals surface area contributed by atoms with E-state index in [0.717, 1.165) is 6.42 Å². The second-order valence-electron chi connectivity index (χ2n) is 8.44. The fourth-order valence-corrected chi connectivity index (χ4v) is 3.28. The van der Waals surface area contributed by atoms with Gasteiger partial charge in [0.05, 0.1) is 11.2 Å². The first kappa shape index (κ1) is 20.0. The van der Waals surface area contributed by atoms with Gasteiger partial charge in [0.2, 0.25) is 0 Å². The Hall–Kier alpha value is -1.70. The summed E-state index contributed by atoms with van der Waals surface area (Å²) < 4.78 is 26.5. The van der Waals surface area contributed by atoms with Gasteiger partial charge >= 0.3 is 7.12 Å². The first-order valence-corrected chi connectivity index (χ1v) is 9.39. The number of hydrogen-bond acceptors (Lipinski definition) is 4. The maximum Gasteiger partial charge on any atom is 0.525 e. The molecule has 1 amide bonds. The molecule has 0 aliphatic carbocycles. The minimum absolute atomic E-state index is 0.0393. The predicted octanol–water partition coefficient (Wildman–Crippen LogP) is 3.19. The normalized spacial score (nSPS) is 24.9. The summed E-state index contributed by atoms with van der Waals surface area (Å²) in [7, 11) is -1.03. The van der Waals surface area contributed by atoms with Gasteiger partial charge in [0, 0.05) is 24.7 Å². The number of likely N-dealkylation sites (tertiary alicyclic amines) is 1. The number of nitrogens with two attached hydrogens (primary N) is 1. The first-order valence-electron chi connectivity index (χ1n) is 9.39. The Morgan fingerprint density at radius 1 is 1.15 bits per heavy atom. The van der Waals surface area contributed by atoms with Crippen LogP contribution < -0.4 is 5.73 Å². The predicted molar refractivity (Wildman–Crippen MR) is 105 cm³/mol. The number of amides is 1. The topological polar surface area (TPSA) is 64.8 Å². The third-order valence-corrected chi connectivity index (χ3v) is 5.90. The van der Waals surface area contributed by atoms with E-state index in [1.54, 1.807) is 36.1 Å². The number of rotatable bonds is 3. The van der Waals surface area contributed by atoms with Gasteiger partial charge in [0.25, 0.3) is 5.91 Å². The van der Waals surface area contributed by atoms with Crippen molar-refractivity contribution in [2.45, 2.75) is 58.3 Å². The Morgan fingerprint density at radius 2 is 1.67 bits per heavy atom. The van der Waals surface area contributed by atoms with E-state index in [2.05, 4.69) is 0 Å². The maximum atomic E-state index is 15.0. The highest BCUT2D eigenvalue weighted by Crippen LogP contribution is 2.40. The third kappa shape index (κ3) is 3.81. The van der Waals surface area contributed by atoms with Gasteiger partial charge in [-0.2, -0.15) is 0 Å². The largest absolute Gasteiger partial charge is 0.525 e. The minimum atomic E-state index is -1.03. The van der Waals surface area contributed by atoms with Crippen LogP contribution in [0.25, 0.3) is 5.57 Å². The van der Waals surface area contributed by atoms with E-state index in [-0.39, 0.29) is 11.9 Å². The summed E-state index contributed by atoms with van der Waals surface area (Å²) in [5, 5.41) is 0. The lowest BCUT2D eigenvalue weighted by molar-refractivity contribution is 0.00578. The number of carbonyl (C=O) groups excluding carboxylic acids is 1. The van der Waals surface area contributed by atoms with Gasteiger partial charge in [-0.25, -0.2) is 4.39 Å². The van der Waals surface area contributed by atoms with Crippen molar-refractivity contribution < 1.29 is 18.5 Å². The average Bonchev–Trinajstić information content (AvgIpc) is 3.13. The van der Waals surface area contributed by atoms with Crippen molar-refractivity contribution in [3.05, 3.63) is 41.1 Å². The van der Waals surface area contributed by atoms with Crippen molar-refractivity contribution in [1.29, 1.82) is 0 Å². The molecule has 2 fully saturated rings. The molecule has 146 valence electrons. The Bertz CT molecular complexity index is 745. The molecule has 1 atom stereocenters. The van der Waals surface area contributed by atoms with Crippen LogP contribution in [0.3, 0.4) is 0 Å². The van der Waals surface area contributed by atoms with Crippen LogP contribution in [0.2, 0.25) is 0 Å². The van der Waals surface area contributed by atoms with Crippen molar-refractivity contribution in [3.8, 4) is 0 Å². The molecule has 0 bridgehead atoms. The smallest absolute Gasteiger partial charge is 0.398 e. The second-order valence-corrected chi connectivity index (χ2v) is 8.44. The number of carbonyl (C=O) groups is 1.